The topological polar surface area (TPSA) is 41.5 Å². The number of aliphatic hydroxyl groups is 1. The Morgan fingerprint density at radius 1 is 1.00 bits per heavy atom. The fourth-order valence-corrected chi connectivity index (χ4v) is 2.31. The van der Waals surface area contributed by atoms with E-state index in [9.17, 15) is 5.11 Å². The van der Waals surface area contributed by atoms with Crippen molar-refractivity contribution in [3.05, 3.63) is 65.2 Å². The van der Waals surface area contributed by atoms with Crippen LogP contribution in [-0.4, -0.2) is 11.2 Å². The number of nitrogens with one attached hydrogen (secondary N) is 1. The molecule has 0 saturated heterocycles. The first kappa shape index (κ1) is 16.5. The third-order valence-electron chi connectivity index (χ3n) is 3.54. The summed E-state index contributed by atoms with van der Waals surface area (Å²) in [4.78, 5) is 0. The number of hydrogen-bond donors (Lipinski definition) is 2. The zero-order valence-electron chi connectivity index (χ0n) is 13.5. The van der Waals surface area contributed by atoms with Gasteiger partial charge in [0.05, 0.1) is 12.7 Å². The molecule has 22 heavy (non-hydrogen) atoms. The summed E-state index contributed by atoms with van der Waals surface area (Å²) in [6.45, 7) is 7.06. The molecule has 2 aromatic carbocycles. The molecule has 3 heteroatoms. The first-order chi connectivity index (χ1) is 10.6. The van der Waals surface area contributed by atoms with E-state index in [0.29, 0.717) is 0 Å². The fourth-order valence-electron chi connectivity index (χ4n) is 2.31. The maximum absolute atomic E-state index is 9.21. The van der Waals surface area contributed by atoms with Gasteiger partial charge in [0, 0.05) is 12.6 Å². The van der Waals surface area contributed by atoms with E-state index in [0.717, 1.165) is 17.9 Å². The van der Waals surface area contributed by atoms with E-state index in [1.54, 1.807) is 0 Å². The van der Waals surface area contributed by atoms with Crippen LogP contribution in [0.4, 0.5) is 0 Å². The summed E-state index contributed by atoms with van der Waals surface area (Å²) in [6, 6.07) is 16.5. The molecule has 1 unspecified atom stereocenters. The van der Waals surface area contributed by atoms with Crippen molar-refractivity contribution in [2.24, 2.45) is 0 Å². The van der Waals surface area contributed by atoms with Gasteiger partial charge in [-0.3, -0.25) is 0 Å². The molecule has 0 saturated carbocycles. The van der Waals surface area contributed by atoms with Gasteiger partial charge in [-0.25, -0.2) is 0 Å². The van der Waals surface area contributed by atoms with Gasteiger partial charge < -0.3 is 15.2 Å². The lowest BCUT2D eigenvalue weighted by molar-refractivity contribution is 0.242. The molecule has 2 N–H and O–H groups in total. The lowest BCUT2D eigenvalue weighted by Gasteiger charge is -2.16. The highest BCUT2D eigenvalue weighted by molar-refractivity contribution is 5.28. The fraction of sp³-hybridized carbons (Fsp3) is 0.368. The van der Waals surface area contributed by atoms with Crippen LogP contribution in [-0.2, 0) is 13.2 Å². The predicted molar refractivity (Wildman–Crippen MR) is 89.8 cm³/mol. The lowest BCUT2D eigenvalue weighted by atomic mass is 10.1. The molecule has 0 bridgehead atoms. The van der Waals surface area contributed by atoms with Crippen molar-refractivity contribution in [3.63, 3.8) is 0 Å². The van der Waals surface area contributed by atoms with Crippen LogP contribution in [0.15, 0.2) is 48.5 Å². The van der Waals surface area contributed by atoms with Crippen molar-refractivity contribution in [2.45, 2.75) is 46.1 Å². The molecule has 2 aromatic rings. The summed E-state index contributed by atoms with van der Waals surface area (Å²) >= 11 is 0. The molecule has 0 heterocycles. The van der Waals surface area contributed by atoms with Gasteiger partial charge in [-0.2, -0.15) is 0 Å². The highest BCUT2D eigenvalue weighted by Gasteiger charge is 2.06. The maximum atomic E-state index is 9.21. The number of rotatable bonds is 7. The van der Waals surface area contributed by atoms with Crippen molar-refractivity contribution in [3.8, 4) is 5.75 Å². The summed E-state index contributed by atoms with van der Waals surface area (Å²) in [5.41, 5.74) is 3.36. The lowest BCUT2D eigenvalue weighted by Crippen LogP contribution is -2.18. The SMILES string of the molecule is CC(C)Oc1ccc(CNC(C)c2cccc(CO)c2)cc1. The van der Waals surface area contributed by atoms with Crippen LogP contribution in [0.3, 0.4) is 0 Å². The Kier molecular flexibility index (Phi) is 5.99. The molecule has 3 nitrogen and oxygen atoms in total. The van der Waals surface area contributed by atoms with Gasteiger partial charge in [-0.05, 0) is 49.6 Å². The Labute approximate surface area is 133 Å². The largest absolute Gasteiger partial charge is 0.491 e. The summed E-state index contributed by atoms with van der Waals surface area (Å²) in [6.07, 6.45) is 0.197. The molecule has 118 valence electrons. The van der Waals surface area contributed by atoms with Gasteiger partial charge in [0.15, 0.2) is 0 Å². The Morgan fingerprint density at radius 2 is 1.73 bits per heavy atom. The third kappa shape index (κ3) is 4.86. The second-order valence-electron chi connectivity index (χ2n) is 5.82. The van der Waals surface area contributed by atoms with Crippen LogP contribution in [0.5, 0.6) is 5.75 Å². The maximum Gasteiger partial charge on any atom is 0.119 e. The molecule has 1 atom stereocenters. The van der Waals surface area contributed by atoms with Crippen LogP contribution < -0.4 is 10.1 Å². The van der Waals surface area contributed by atoms with Gasteiger partial charge in [0.1, 0.15) is 5.75 Å². The molecule has 0 aliphatic heterocycles. The first-order valence-corrected chi connectivity index (χ1v) is 7.77. The average molecular weight is 299 g/mol. The predicted octanol–water partition coefficient (Wildman–Crippen LogP) is 3.82. The zero-order valence-corrected chi connectivity index (χ0v) is 13.5. The van der Waals surface area contributed by atoms with Crippen LogP contribution in [0.25, 0.3) is 0 Å². The Bertz CT molecular complexity index is 578. The molecule has 0 aromatic heterocycles. The van der Waals surface area contributed by atoms with Gasteiger partial charge in [-0.15, -0.1) is 0 Å². The Morgan fingerprint density at radius 3 is 2.36 bits per heavy atom. The summed E-state index contributed by atoms with van der Waals surface area (Å²) < 4.78 is 5.65. The normalized spacial score (nSPS) is 12.4. The molecule has 0 radical (unpaired) electrons. The van der Waals surface area contributed by atoms with E-state index < -0.39 is 0 Å². The minimum absolute atomic E-state index is 0.0812. The Balaban J connectivity index is 1.91. The minimum Gasteiger partial charge on any atom is -0.491 e. The summed E-state index contributed by atoms with van der Waals surface area (Å²) in [7, 11) is 0. The van der Waals surface area contributed by atoms with Gasteiger partial charge >= 0.3 is 0 Å². The summed E-state index contributed by atoms with van der Waals surface area (Å²) in [5.74, 6) is 0.905. The van der Waals surface area contributed by atoms with Crippen LogP contribution in [0, 0.1) is 0 Å². The molecule has 0 spiro atoms. The molecule has 0 fully saturated rings. The quantitative estimate of drug-likeness (QED) is 0.816. The molecule has 0 aliphatic rings. The van der Waals surface area contributed by atoms with E-state index in [-0.39, 0.29) is 18.8 Å². The summed E-state index contributed by atoms with van der Waals surface area (Å²) in [5, 5.41) is 12.7. The zero-order chi connectivity index (χ0) is 15.9. The van der Waals surface area contributed by atoms with Gasteiger partial charge in [-0.1, -0.05) is 36.4 Å². The molecular weight excluding hydrogens is 274 g/mol. The molecule has 2 rings (SSSR count). The van der Waals surface area contributed by atoms with Crippen molar-refractivity contribution < 1.29 is 9.84 Å². The van der Waals surface area contributed by atoms with Crippen molar-refractivity contribution in [1.82, 2.24) is 5.32 Å². The standard InChI is InChI=1S/C19H25NO2/c1-14(2)22-19-9-7-16(8-10-19)12-20-15(3)18-6-4-5-17(11-18)13-21/h4-11,14-15,20-21H,12-13H2,1-3H3. The average Bonchev–Trinajstić information content (AvgIpc) is 2.53. The van der Waals surface area contributed by atoms with Crippen LogP contribution in [0.1, 0.15) is 43.5 Å². The number of aliphatic hydroxyl groups excluding tert-OH is 1. The highest BCUT2D eigenvalue weighted by atomic mass is 16.5. The van der Waals surface area contributed by atoms with Gasteiger partial charge in [0.25, 0.3) is 0 Å². The minimum atomic E-state index is 0.0812. The molecule has 0 aliphatic carbocycles. The second kappa shape index (κ2) is 7.97. The molecule has 0 amide bonds. The Hall–Kier alpha value is -1.84. The highest BCUT2D eigenvalue weighted by Crippen LogP contribution is 2.17. The van der Waals surface area contributed by atoms with E-state index in [1.807, 2.05) is 44.2 Å². The van der Waals surface area contributed by atoms with Gasteiger partial charge in [0.2, 0.25) is 0 Å². The van der Waals surface area contributed by atoms with E-state index in [4.69, 9.17) is 4.74 Å². The van der Waals surface area contributed by atoms with E-state index in [2.05, 4.69) is 30.4 Å². The number of benzene rings is 2. The van der Waals surface area contributed by atoms with Crippen LogP contribution >= 0.6 is 0 Å². The van der Waals surface area contributed by atoms with E-state index in [1.165, 1.54) is 11.1 Å². The van der Waals surface area contributed by atoms with Crippen molar-refractivity contribution in [1.29, 1.82) is 0 Å². The number of ether oxygens (including phenoxy) is 1. The molecular formula is C19H25NO2. The second-order valence-corrected chi connectivity index (χ2v) is 5.82. The monoisotopic (exact) mass is 299 g/mol. The van der Waals surface area contributed by atoms with E-state index >= 15 is 0 Å². The van der Waals surface area contributed by atoms with Crippen molar-refractivity contribution in [2.75, 3.05) is 0 Å². The van der Waals surface area contributed by atoms with Crippen molar-refractivity contribution >= 4 is 0 Å². The van der Waals surface area contributed by atoms with Crippen LogP contribution in [0.2, 0.25) is 0 Å². The third-order valence-corrected chi connectivity index (χ3v) is 3.54. The first-order valence-electron chi connectivity index (χ1n) is 7.77. The smallest absolute Gasteiger partial charge is 0.119 e. The number of hydrogen-bond acceptors (Lipinski definition) is 3.